The average Bonchev–Trinajstić information content (AvgIpc) is 2.73. The number of nitrogens with zero attached hydrogens (tertiary/aromatic N) is 3. The van der Waals surface area contributed by atoms with Crippen LogP contribution in [0.4, 0.5) is 0 Å². The second-order valence-corrected chi connectivity index (χ2v) is 5.03. The van der Waals surface area contributed by atoms with Gasteiger partial charge in [0.2, 0.25) is 5.88 Å². The molecule has 3 rings (SSSR count). The quantitative estimate of drug-likeness (QED) is 0.803. The van der Waals surface area contributed by atoms with Gasteiger partial charge in [0.05, 0.1) is 17.8 Å². The Balaban J connectivity index is 2.11. The molecule has 0 bridgehead atoms. The van der Waals surface area contributed by atoms with Gasteiger partial charge in [0.25, 0.3) is 0 Å². The van der Waals surface area contributed by atoms with E-state index in [-0.39, 0.29) is 6.61 Å². The highest BCUT2D eigenvalue weighted by atomic mass is 16.5. The molecule has 5 nitrogen and oxygen atoms in total. The molecule has 0 atom stereocenters. The molecule has 2 heterocycles. The fourth-order valence-electron chi connectivity index (χ4n) is 2.34. The van der Waals surface area contributed by atoms with Crippen molar-refractivity contribution in [2.24, 2.45) is 7.05 Å². The lowest BCUT2D eigenvalue weighted by Crippen LogP contribution is -1.98. The third kappa shape index (κ3) is 2.36. The summed E-state index contributed by atoms with van der Waals surface area (Å²) >= 11 is 0. The molecule has 108 valence electrons. The second kappa shape index (κ2) is 5.18. The second-order valence-electron chi connectivity index (χ2n) is 5.03. The lowest BCUT2D eigenvalue weighted by Gasteiger charge is -2.10. The molecule has 1 aromatic carbocycles. The molecule has 2 aromatic heterocycles. The summed E-state index contributed by atoms with van der Waals surface area (Å²) in [5.41, 5.74) is 3.22. The maximum absolute atomic E-state index is 9.56. The van der Waals surface area contributed by atoms with E-state index >= 15 is 0 Å². The summed E-state index contributed by atoms with van der Waals surface area (Å²) in [5, 5.41) is 14.9. The number of benzene rings is 1. The summed E-state index contributed by atoms with van der Waals surface area (Å²) < 4.78 is 7.70. The molecule has 21 heavy (non-hydrogen) atoms. The summed E-state index contributed by atoms with van der Waals surface area (Å²) in [7, 11) is 1.87. The van der Waals surface area contributed by atoms with Gasteiger partial charge in [0.1, 0.15) is 5.69 Å². The van der Waals surface area contributed by atoms with Gasteiger partial charge in [-0.05, 0) is 26.0 Å². The van der Waals surface area contributed by atoms with Crippen molar-refractivity contribution in [3.8, 4) is 11.6 Å². The van der Waals surface area contributed by atoms with Gasteiger partial charge in [-0.25, -0.2) is 4.98 Å². The number of aryl methyl sites for hydroxylation is 2. The Morgan fingerprint density at radius 1 is 1.24 bits per heavy atom. The molecule has 0 amide bonds. The van der Waals surface area contributed by atoms with Crippen molar-refractivity contribution in [3.63, 3.8) is 0 Å². The van der Waals surface area contributed by atoms with Crippen molar-refractivity contribution in [2.75, 3.05) is 0 Å². The van der Waals surface area contributed by atoms with Crippen LogP contribution < -0.4 is 4.74 Å². The number of aliphatic hydroxyl groups is 1. The molecule has 3 aromatic rings. The third-order valence-corrected chi connectivity index (χ3v) is 3.57. The molecule has 0 radical (unpaired) electrons. The van der Waals surface area contributed by atoms with E-state index in [9.17, 15) is 5.11 Å². The van der Waals surface area contributed by atoms with Crippen molar-refractivity contribution in [1.29, 1.82) is 0 Å². The maximum atomic E-state index is 9.56. The topological polar surface area (TPSA) is 60.2 Å². The Hall–Kier alpha value is -2.40. The fraction of sp³-hybridized carbons (Fsp3) is 0.250. The fourth-order valence-corrected chi connectivity index (χ4v) is 2.34. The standard InChI is InChI=1S/C16H17N3O2/c1-10-15(11(2)19(3)18-10)21-16-13(9-20)8-12-6-4-5-7-14(12)17-16/h4-8,20H,9H2,1-3H3. The van der Waals surface area contributed by atoms with Gasteiger partial charge in [0, 0.05) is 18.0 Å². The highest BCUT2D eigenvalue weighted by Gasteiger charge is 2.15. The summed E-state index contributed by atoms with van der Waals surface area (Å²) in [6, 6.07) is 9.66. The minimum absolute atomic E-state index is 0.120. The van der Waals surface area contributed by atoms with Crippen LogP contribution in [-0.4, -0.2) is 19.9 Å². The van der Waals surface area contributed by atoms with Crippen LogP contribution >= 0.6 is 0 Å². The normalized spacial score (nSPS) is 11.0. The van der Waals surface area contributed by atoms with Crippen molar-refractivity contribution < 1.29 is 9.84 Å². The smallest absolute Gasteiger partial charge is 0.225 e. The van der Waals surface area contributed by atoms with Crippen molar-refractivity contribution >= 4 is 10.9 Å². The summed E-state index contributed by atoms with van der Waals surface area (Å²) in [6.07, 6.45) is 0. The monoisotopic (exact) mass is 283 g/mol. The van der Waals surface area contributed by atoms with Gasteiger partial charge in [-0.2, -0.15) is 5.10 Å². The van der Waals surface area contributed by atoms with Gasteiger partial charge in [0.15, 0.2) is 5.75 Å². The number of rotatable bonds is 3. The van der Waals surface area contributed by atoms with Crippen LogP contribution in [0, 0.1) is 13.8 Å². The minimum atomic E-state index is -0.120. The summed E-state index contributed by atoms with van der Waals surface area (Å²) in [4.78, 5) is 4.51. The Bertz CT molecular complexity index is 809. The number of aliphatic hydroxyl groups excluding tert-OH is 1. The third-order valence-electron chi connectivity index (χ3n) is 3.57. The molecule has 0 saturated carbocycles. The largest absolute Gasteiger partial charge is 0.435 e. The Morgan fingerprint density at radius 2 is 2.00 bits per heavy atom. The van der Waals surface area contributed by atoms with Crippen molar-refractivity contribution in [1.82, 2.24) is 14.8 Å². The molecule has 0 fully saturated rings. The van der Waals surface area contributed by atoms with E-state index in [0.717, 1.165) is 22.3 Å². The highest BCUT2D eigenvalue weighted by molar-refractivity contribution is 5.80. The predicted molar refractivity (Wildman–Crippen MR) is 80.4 cm³/mol. The van der Waals surface area contributed by atoms with Crippen molar-refractivity contribution in [2.45, 2.75) is 20.5 Å². The van der Waals surface area contributed by atoms with E-state index < -0.39 is 0 Å². The number of ether oxygens (including phenoxy) is 1. The van der Waals surface area contributed by atoms with Gasteiger partial charge in [-0.15, -0.1) is 0 Å². The van der Waals surface area contributed by atoms with Crippen LogP contribution in [0.15, 0.2) is 30.3 Å². The Labute approximate surface area is 122 Å². The lowest BCUT2D eigenvalue weighted by atomic mass is 10.1. The van der Waals surface area contributed by atoms with Crippen LogP contribution in [0.5, 0.6) is 11.6 Å². The average molecular weight is 283 g/mol. The van der Waals surface area contributed by atoms with Crippen LogP contribution in [-0.2, 0) is 13.7 Å². The highest BCUT2D eigenvalue weighted by Crippen LogP contribution is 2.30. The number of hydrogen-bond donors (Lipinski definition) is 1. The lowest BCUT2D eigenvalue weighted by molar-refractivity contribution is 0.275. The molecule has 5 heteroatoms. The van der Waals surface area contributed by atoms with E-state index in [1.54, 1.807) is 4.68 Å². The summed E-state index contributed by atoms with van der Waals surface area (Å²) in [5.74, 6) is 1.12. The van der Waals surface area contributed by atoms with Crippen LogP contribution in [0.2, 0.25) is 0 Å². The van der Waals surface area contributed by atoms with E-state index in [4.69, 9.17) is 4.74 Å². The molecule has 0 saturated heterocycles. The van der Waals surface area contributed by atoms with E-state index in [2.05, 4.69) is 10.1 Å². The molecule has 0 aliphatic rings. The molecular weight excluding hydrogens is 266 g/mol. The Kier molecular flexibility index (Phi) is 3.35. The van der Waals surface area contributed by atoms with Gasteiger partial charge in [-0.3, -0.25) is 4.68 Å². The molecule has 0 unspecified atom stereocenters. The molecule has 0 spiro atoms. The van der Waals surface area contributed by atoms with E-state index in [1.165, 1.54) is 0 Å². The Morgan fingerprint density at radius 3 is 2.67 bits per heavy atom. The van der Waals surface area contributed by atoms with Crippen LogP contribution in [0.1, 0.15) is 17.0 Å². The van der Waals surface area contributed by atoms with Gasteiger partial charge in [-0.1, -0.05) is 18.2 Å². The van der Waals surface area contributed by atoms with Gasteiger partial charge >= 0.3 is 0 Å². The maximum Gasteiger partial charge on any atom is 0.225 e. The molecule has 0 aliphatic carbocycles. The zero-order chi connectivity index (χ0) is 15.0. The zero-order valence-electron chi connectivity index (χ0n) is 12.3. The first-order valence-electron chi connectivity index (χ1n) is 6.77. The number of pyridine rings is 1. The zero-order valence-corrected chi connectivity index (χ0v) is 12.3. The SMILES string of the molecule is Cc1nn(C)c(C)c1Oc1nc2ccccc2cc1CO. The first kappa shape index (κ1) is 13.6. The van der Waals surface area contributed by atoms with Crippen LogP contribution in [0.3, 0.4) is 0 Å². The van der Waals surface area contributed by atoms with Crippen molar-refractivity contribution in [3.05, 3.63) is 47.3 Å². The van der Waals surface area contributed by atoms with Crippen LogP contribution in [0.25, 0.3) is 10.9 Å². The number of para-hydroxylation sites is 1. The van der Waals surface area contributed by atoms with Gasteiger partial charge < -0.3 is 9.84 Å². The van der Waals surface area contributed by atoms with E-state index in [1.807, 2.05) is 51.2 Å². The molecular formula is C16H17N3O2. The minimum Gasteiger partial charge on any atom is -0.435 e. The number of aromatic nitrogens is 3. The summed E-state index contributed by atoms with van der Waals surface area (Å²) in [6.45, 7) is 3.71. The molecule has 1 N–H and O–H groups in total. The first-order valence-corrected chi connectivity index (χ1v) is 6.77. The molecule has 0 aliphatic heterocycles. The predicted octanol–water partition coefficient (Wildman–Crippen LogP) is 2.87. The number of fused-ring (bicyclic) bond motifs is 1. The number of hydrogen-bond acceptors (Lipinski definition) is 4. The first-order chi connectivity index (χ1) is 10.1. The van der Waals surface area contributed by atoms with E-state index in [0.29, 0.717) is 17.2 Å².